The number of hydrogen-bond acceptors (Lipinski definition) is 6. The molecule has 0 fully saturated rings. The highest BCUT2D eigenvalue weighted by Gasteiger charge is 2.27. The first-order chi connectivity index (χ1) is 20.9. The molecule has 11 heteroatoms. The number of fused-ring (bicyclic) bond motifs is 2. The zero-order valence-corrected chi connectivity index (χ0v) is 27.3. The highest BCUT2D eigenvalue weighted by molar-refractivity contribution is 8.13. The van der Waals surface area contributed by atoms with E-state index in [2.05, 4.69) is 49.3 Å². The summed E-state index contributed by atoms with van der Waals surface area (Å²) in [6.07, 6.45) is 0.861. The Morgan fingerprint density at radius 2 is 1.55 bits per heavy atom. The average Bonchev–Trinajstić information content (AvgIpc) is 3.00. The summed E-state index contributed by atoms with van der Waals surface area (Å²) in [5.74, 6) is 0.501. The van der Waals surface area contributed by atoms with Crippen molar-refractivity contribution in [2.75, 3.05) is 24.5 Å². The summed E-state index contributed by atoms with van der Waals surface area (Å²) in [4.78, 5) is 1.18. The molecular weight excluding hydrogens is 620 g/mol. The van der Waals surface area contributed by atoms with Crippen LogP contribution in [0.3, 0.4) is 0 Å². The molecule has 0 bridgehead atoms. The molecule has 2 aliphatic rings. The summed E-state index contributed by atoms with van der Waals surface area (Å²) in [5, 5.41) is 1.52. The fraction of sp³-hybridized carbons (Fsp3) is 0.242. The van der Waals surface area contributed by atoms with Crippen molar-refractivity contribution in [3.63, 3.8) is 0 Å². The Kier molecular flexibility index (Phi) is 8.91. The van der Waals surface area contributed by atoms with Crippen LogP contribution in [-0.2, 0) is 25.6 Å². The van der Waals surface area contributed by atoms with Crippen molar-refractivity contribution in [2.45, 2.75) is 43.9 Å². The van der Waals surface area contributed by atoms with Crippen LogP contribution >= 0.6 is 10.7 Å². The number of nitrogens with zero attached hydrogens (tertiary/aromatic N) is 2. The summed E-state index contributed by atoms with van der Waals surface area (Å²) in [6.45, 7) is 10.5. The zero-order valence-electron chi connectivity index (χ0n) is 24.9. The quantitative estimate of drug-likeness (QED) is 0.0797. The molecular formula is C33H34ClN2O6S2+. The van der Waals surface area contributed by atoms with Gasteiger partial charge in [-0.2, -0.15) is 8.42 Å². The van der Waals surface area contributed by atoms with E-state index < -0.39 is 29.0 Å². The number of anilines is 2. The maximum absolute atomic E-state index is 12.7. The molecule has 1 aliphatic heterocycles. The van der Waals surface area contributed by atoms with E-state index in [4.69, 9.17) is 15.1 Å². The van der Waals surface area contributed by atoms with Gasteiger partial charge in [0.15, 0.2) is 0 Å². The standard InChI is InChI=1S/C33H33ClN2O6S2/c1-5-22-11-9-10-12-29(22)36(8-4)24-14-17-27-31(20-24)42-30-19-23(35(6-2)7-3)13-16-26(30)33(27)28-18-15-25(43(34,37)38)21-32(28)44(39,40)41/h9-21H,5-8H2,1-4H3/p+1. The van der Waals surface area contributed by atoms with Crippen LogP contribution in [0.5, 0.6) is 0 Å². The third kappa shape index (κ3) is 5.99. The molecule has 8 nitrogen and oxygen atoms in total. The Hall–Kier alpha value is -3.70. The van der Waals surface area contributed by atoms with Gasteiger partial charge in [0, 0.05) is 62.8 Å². The maximum atomic E-state index is 12.7. The van der Waals surface area contributed by atoms with Crippen LogP contribution in [0.4, 0.5) is 11.4 Å². The minimum absolute atomic E-state index is 0.120. The van der Waals surface area contributed by atoms with Gasteiger partial charge in [0.1, 0.15) is 29.3 Å². The van der Waals surface area contributed by atoms with E-state index in [-0.39, 0.29) is 5.56 Å². The summed E-state index contributed by atoms with van der Waals surface area (Å²) in [7, 11) is -3.60. The number of halogens is 1. The molecule has 0 amide bonds. The predicted octanol–water partition coefficient (Wildman–Crippen LogP) is 6.91. The van der Waals surface area contributed by atoms with Gasteiger partial charge >= 0.3 is 0 Å². The van der Waals surface area contributed by atoms with Crippen molar-refractivity contribution in [1.29, 1.82) is 0 Å². The largest absolute Gasteiger partial charge is 0.456 e. The van der Waals surface area contributed by atoms with Crippen LogP contribution in [0, 0.1) is 0 Å². The van der Waals surface area contributed by atoms with Gasteiger partial charge in [-0.3, -0.25) is 4.55 Å². The van der Waals surface area contributed by atoms with Gasteiger partial charge in [-0.15, -0.1) is 0 Å². The molecule has 0 saturated heterocycles. The third-order valence-corrected chi connectivity index (χ3v) is 10.1. The first kappa shape index (κ1) is 31.7. The molecule has 0 unspecified atom stereocenters. The number of hydrogen-bond donors (Lipinski definition) is 1. The Balaban J connectivity index is 1.89. The summed E-state index contributed by atoms with van der Waals surface area (Å²) in [6, 6.07) is 23.1. The van der Waals surface area contributed by atoms with Gasteiger partial charge in [-0.25, -0.2) is 13.0 Å². The Labute approximate surface area is 262 Å². The van der Waals surface area contributed by atoms with Crippen LogP contribution in [0.25, 0.3) is 33.4 Å². The smallest absolute Gasteiger partial charge is 0.295 e. The van der Waals surface area contributed by atoms with E-state index in [1.54, 1.807) is 0 Å². The van der Waals surface area contributed by atoms with E-state index in [1.807, 2.05) is 48.5 Å². The average molecular weight is 654 g/mol. The first-order valence-corrected chi connectivity index (χ1v) is 18.2. The number of benzene rings is 4. The second kappa shape index (κ2) is 12.4. The molecule has 230 valence electrons. The number of para-hydroxylation sites is 1. The number of aryl methyl sites for hydroxylation is 1. The highest BCUT2D eigenvalue weighted by Crippen LogP contribution is 2.44. The van der Waals surface area contributed by atoms with Crippen LogP contribution in [-0.4, -0.2) is 41.0 Å². The van der Waals surface area contributed by atoms with Crippen molar-refractivity contribution in [1.82, 2.24) is 4.58 Å². The van der Waals surface area contributed by atoms with Crippen molar-refractivity contribution in [3.8, 4) is 22.5 Å². The van der Waals surface area contributed by atoms with E-state index >= 15 is 0 Å². The summed E-state index contributed by atoms with van der Waals surface area (Å²) < 4.78 is 68.5. The monoisotopic (exact) mass is 653 g/mol. The van der Waals surface area contributed by atoms with Crippen molar-refractivity contribution >= 4 is 52.2 Å². The Bertz CT molecular complexity index is 2130. The minimum atomic E-state index is -4.87. The molecule has 1 aliphatic carbocycles. The molecule has 0 atom stereocenters. The molecule has 1 heterocycles. The van der Waals surface area contributed by atoms with Gasteiger partial charge in [0.25, 0.3) is 19.2 Å². The lowest BCUT2D eigenvalue weighted by molar-refractivity contribution is 0.483. The lowest BCUT2D eigenvalue weighted by Crippen LogP contribution is -2.29. The maximum Gasteiger partial charge on any atom is 0.295 e. The summed E-state index contributed by atoms with van der Waals surface area (Å²) in [5.41, 5.74) is 4.83. The molecule has 0 saturated carbocycles. The van der Waals surface area contributed by atoms with Gasteiger partial charge in [0.05, 0.1) is 11.0 Å². The number of rotatable bonds is 9. The third-order valence-electron chi connectivity index (χ3n) is 7.89. The van der Waals surface area contributed by atoms with E-state index in [1.165, 1.54) is 17.7 Å². The lowest BCUT2D eigenvalue weighted by atomic mass is 9.93. The fourth-order valence-electron chi connectivity index (χ4n) is 5.75. The van der Waals surface area contributed by atoms with Crippen LogP contribution in [0.15, 0.2) is 93.1 Å². The van der Waals surface area contributed by atoms with Gasteiger partial charge in [-0.05, 0) is 69.2 Å². The van der Waals surface area contributed by atoms with E-state index in [9.17, 15) is 21.4 Å². The lowest BCUT2D eigenvalue weighted by Gasteiger charge is -2.26. The van der Waals surface area contributed by atoms with Crippen LogP contribution in [0.2, 0.25) is 0 Å². The Morgan fingerprint density at radius 3 is 2.18 bits per heavy atom. The minimum Gasteiger partial charge on any atom is -0.456 e. The first-order valence-electron chi connectivity index (χ1n) is 14.4. The van der Waals surface area contributed by atoms with E-state index in [0.717, 1.165) is 42.3 Å². The van der Waals surface area contributed by atoms with E-state index in [0.29, 0.717) is 34.4 Å². The van der Waals surface area contributed by atoms with Gasteiger partial charge in [0.2, 0.25) is 5.36 Å². The summed E-state index contributed by atoms with van der Waals surface area (Å²) >= 11 is 0. The second-order valence-corrected chi connectivity index (χ2v) is 14.3. The molecule has 1 N–H and O–H groups in total. The van der Waals surface area contributed by atoms with Gasteiger partial charge < -0.3 is 9.32 Å². The van der Waals surface area contributed by atoms with Gasteiger partial charge in [-0.1, -0.05) is 31.2 Å². The van der Waals surface area contributed by atoms with Crippen molar-refractivity contribution < 1.29 is 25.8 Å². The predicted molar refractivity (Wildman–Crippen MR) is 176 cm³/mol. The normalized spacial score (nSPS) is 12.1. The highest BCUT2D eigenvalue weighted by atomic mass is 35.7. The molecule has 3 aromatic rings. The molecule has 0 aromatic heterocycles. The topological polar surface area (TPSA) is 108 Å². The molecule has 44 heavy (non-hydrogen) atoms. The SMILES string of the molecule is CCc1ccccc1N(CC)c1ccc2c(-c3ccc(S(=O)(=O)Cl)cc3S(=O)(=O)O)c3ccc(=[N+](CC)CC)cc-3oc2c1. The zero-order chi connectivity index (χ0) is 31.8. The second-order valence-electron chi connectivity index (χ2n) is 10.3. The van der Waals surface area contributed by atoms with Crippen LogP contribution < -0.4 is 14.8 Å². The molecule has 0 radical (unpaired) electrons. The molecule has 3 aromatic carbocycles. The fourth-order valence-corrected chi connectivity index (χ4v) is 7.33. The van der Waals surface area contributed by atoms with Crippen molar-refractivity contribution in [3.05, 3.63) is 89.8 Å². The molecule has 5 rings (SSSR count). The van der Waals surface area contributed by atoms with Crippen LogP contribution in [0.1, 0.15) is 33.3 Å². The Morgan fingerprint density at radius 1 is 0.841 bits per heavy atom. The van der Waals surface area contributed by atoms with Crippen molar-refractivity contribution in [2.24, 2.45) is 0 Å². The molecule has 0 spiro atoms.